The van der Waals surface area contributed by atoms with Crippen LogP contribution < -0.4 is 5.32 Å². The molecule has 0 radical (unpaired) electrons. The number of nitrogens with one attached hydrogen (secondary N) is 1. The number of hydrogen-bond donors (Lipinski definition) is 1. The van der Waals surface area contributed by atoms with Gasteiger partial charge in [-0.2, -0.15) is 0 Å². The molecule has 0 amide bonds. The first-order chi connectivity index (χ1) is 7.56. The maximum Gasteiger partial charge on any atom is 0.0465 e. The molecule has 1 aromatic rings. The van der Waals surface area contributed by atoms with Crippen molar-refractivity contribution in [3.8, 4) is 0 Å². The summed E-state index contributed by atoms with van der Waals surface area (Å²) in [5.74, 6) is 0.570. The summed E-state index contributed by atoms with van der Waals surface area (Å²) in [6.07, 6.45) is 0. The molecule has 4 heteroatoms. The van der Waals surface area contributed by atoms with Gasteiger partial charge in [-0.25, -0.2) is 0 Å². The van der Waals surface area contributed by atoms with Crippen LogP contribution in [-0.4, -0.2) is 11.4 Å². The highest BCUT2D eigenvalue weighted by Gasteiger charge is 2.12. The molecule has 1 nitrogen and oxygen atoms in total. The summed E-state index contributed by atoms with van der Waals surface area (Å²) in [6.45, 7) is 5.08. The molecule has 16 heavy (non-hydrogen) atoms. The van der Waals surface area contributed by atoms with Crippen LogP contribution in [0.25, 0.3) is 0 Å². The molecule has 0 bridgehead atoms. The minimum Gasteiger partial charge on any atom is -0.309 e. The Kier molecular flexibility index (Phi) is 6.12. The van der Waals surface area contributed by atoms with Crippen LogP contribution in [0.15, 0.2) is 18.2 Å². The standard InChI is InChI=1S/C12H16BrCl2N/c1-8(2)12(6-13)16-7-9-10(14)4-3-5-11(9)15/h3-5,8,12,16H,6-7H2,1-2H3. The summed E-state index contributed by atoms with van der Waals surface area (Å²) >= 11 is 15.7. The number of rotatable bonds is 5. The van der Waals surface area contributed by atoms with Crippen LogP contribution in [0.4, 0.5) is 0 Å². The molecule has 1 N–H and O–H groups in total. The van der Waals surface area contributed by atoms with Crippen LogP contribution in [-0.2, 0) is 6.54 Å². The Morgan fingerprint density at radius 2 is 1.81 bits per heavy atom. The third-order valence-corrected chi connectivity index (χ3v) is 3.98. The Bertz CT molecular complexity index is 322. The number of halogens is 3. The van der Waals surface area contributed by atoms with Crippen LogP contribution in [0, 0.1) is 5.92 Å². The fourth-order valence-electron chi connectivity index (χ4n) is 1.40. The van der Waals surface area contributed by atoms with E-state index in [9.17, 15) is 0 Å². The zero-order chi connectivity index (χ0) is 12.1. The van der Waals surface area contributed by atoms with Crippen molar-refractivity contribution in [1.29, 1.82) is 0 Å². The molecule has 0 spiro atoms. The first-order valence-corrected chi connectivity index (χ1v) is 7.16. The van der Waals surface area contributed by atoms with E-state index in [1.165, 1.54) is 0 Å². The largest absolute Gasteiger partial charge is 0.309 e. The summed E-state index contributed by atoms with van der Waals surface area (Å²) in [6, 6.07) is 6.01. The summed E-state index contributed by atoms with van der Waals surface area (Å²) in [5, 5.41) is 5.81. The van der Waals surface area contributed by atoms with Crippen LogP contribution in [0.5, 0.6) is 0 Å². The van der Waals surface area contributed by atoms with Crippen molar-refractivity contribution >= 4 is 39.1 Å². The molecule has 0 fully saturated rings. The van der Waals surface area contributed by atoms with E-state index in [1.54, 1.807) is 0 Å². The molecule has 0 saturated carbocycles. The summed E-state index contributed by atoms with van der Waals surface area (Å²) in [7, 11) is 0. The second-order valence-corrected chi connectivity index (χ2v) is 5.55. The van der Waals surface area contributed by atoms with Gasteiger partial charge in [0.1, 0.15) is 0 Å². The van der Waals surface area contributed by atoms with E-state index in [4.69, 9.17) is 23.2 Å². The van der Waals surface area contributed by atoms with E-state index in [1.807, 2.05) is 18.2 Å². The molecule has 1 atom stereocenters. The molecule has 0 aliphatic heterocycles. The Morgan fingerprint density at radius 3 is 2.25 bits per heavy atom. The minimum absolute atomic E-state index is 0.423. The zero-order valence-corrected chi connectivity index (χ0v) is 12.5. The first kappa shape index (κ1) is 14.3. The van der Waals surface area contributed by atoms with Crippen LogP contribution in [0.3, 0.4) is 0 Å². The first-order valence-electron chi connectivity index (χ1n) is 5.28. The van der Waals surface area contributed by atoms with Crippen molar-refractivity contribution in [3.63, 3.8) is 0 Å². The number of alkyl halides is 1. The maximum absolute atomic E-state index is 6.10. The van der Waals surface area contributed by atoms with E-state index < -0.39 is 0 Å². The predicted molar refractivity (Wildman–Crippen MR) is 75.7 cm³/mol. The Morgan fingerprint density at radius 1 is 1.25 bits per heavy atom. The van der Waals surface area contributed by atoms with Gasteiger partial charge in [-0.15, -0.1) is 0 Å². The summed E-state index contributed by atoms with van der Waals surface area (Å²) < 4.78 is 0. The zero-order valence-electron chi connectivity index (χ0n) is 9.43. The van der Waals surface area contributed by atoms with E-state index in [0.717, 1.165) is 20.9 Å². The van der Waals surface area contributed by atoms with Crippen molar-refractivity contribution < 1.29 is 0 Å². The molecule has 0 aliphatic rings. The van der Waals surface area contributed by atoms with Gasteiger partial charge in [0.25, 0.3) is 0 Å². The lowest BCUT2D eigenvalue weighted by atomic mass is 10.1. The minimum atomic E-state index is 0.423. The molecular weight excluding hydrogens is 309 g/mol. The lowest BCUT2D eigenvalue weighted by molar-refractivity contribution is 0.434. The molecule has 90 valence electrons. The molecule has 1 unspecified atom stereocenters. The fraction of sp³-hybridized carbons (Fsp3) is 0.500. The number of benzene rings is 1. The quantitative estimate of drug-likeness (QED) is 0.786. The van der Waals surface area contributed by atoms with Gasteiger partial charge >= 0.3 is 0 Å². The molecule has 0 heterocycles. The fourth-order valence-corrected chi connectivity index (χ4v) is 2.91. The second kappa shape index (κ2) is 6.85. The highest BCUT2D eigenvalue weighted by atomic mass is 79.9. The van der Waals surface area contributed by atoms with Crippen molar-refractivity contribution in [2.45, 2.75) is 26.4 Å². The van der Waals surface area contributed by atoms with Gasteiger partial charge in [0, 0.05) is 33.5 Å². The van der Waals surface area contributed by atoms with Crippen molar-refractivity contribution in [2.24, 2.45) is 5.92 Å². The summed E-state index contributed by atoms with van der Waals surface area (Å²) in [5.41, 5.74) is 0.970. The summed E-state index contributed by atoms with van der Waals surface area (Å²) in [4.78, 5) is 0. The lowest BCUT2D eigenvalue weighted by Gasteiger charge is -2.20. The number of hydrogen-bond acceptors (Lipinski definition) is 1. The smallest absolute Gasteiger partial charge is 0.0465 e. The molecular formula is C12H16BrCl2N. The highest BCUT2D eigenvalue weighted by molar-refractivity contribution is 9.09. The van der Waals surface area contributed by atoms with Crippen molar-refractivity contribution in [1.82, 2.24) is 5.32 Å². The monoisotopic (exact) mass is 323 g/mol. The van der Waals surface area contributed by atoms with Crippen molar-refractivity contribution in [2.75, 3.05) is 5.33 Å². The normalized spacial score (nSPS) is 13.1. The van der Waals surface area contributed by atoms with E-state index in [2.05, 4.69) is 35.1 Å². The van der Waals surface area contributed by atoms with Gasteiger partial charge < -0.3 is 5.32 Å². The molecule has 0 saturated heterocycles. The van der Waals surface area contributed by atoms with Crippen LogP contribution in [0.1, 0.15) is 19.4 Å². The van der Waals surface area contributed by atoms with Crippen LogP contribution >= 0.6 is 39.1 Å². The third-order valence-electron chi connectivity index (χ3n) is 2.57. The maximum atomic E-state index is 6.10. The molecule has 1 rings (SSSR count). The van der Waals surface area contributed by atoms with Gasteiger partial charge in [-0.05, 0) is 18.1 Å². The van der Waals surface area contributed by atoms with E-state index >= 15 is 0 Å². The van der Waals surface area contributed by atoms with Gasteiger partial charge in [0.15, 0.2) is 0 Å². The van der Waals surface area contributed by atoms with Gasteiger partial charge in [-0.1, -0.05) is 59.0 Å². The third kappa shape index (κ3) is 3.92. The topological polar surface area (TPSA) is 12.0 Å². The molecule has 1 aromatic carbocycles. The van der Waals surface area contributed by atoms with Gasteiger partial charge in [0.05, 0.1) is 0 Å². The Labute approximate surface area is 116 Å². The van der Waals surface area contributed by atoms with Crippen LogP contribution in [0.2, 0.25) is 10.0 Å². The van der Waals surface area contributed by atoms with Gasteiger partial charge in [-0.3, -0.25) is 0 Å². The average Bonchev–Trinajstić information content (AvgIpc) is 2.22. The average molecular weight is 325 g/mol. The lowest BCUT2D eigenvalue weighted by Crippen LogP contribution is -2.34. The molecule has 0 aromatic heterocycles. The van der Waals surface area contributed by atoms with Crippen molar-refractivity contribution in [3.05, 3.63) is 33.8 Å². The highest BCUT2D eigenvalue weighted by Crippen LogP contribution is 2.24. The molecule has 0 aliphatic carbocycles. The predicted octanol–water partition coefficient (Wildman–Crippen LogP) is 4.50. The van der Waals surface area contributed by atoms with E-state index in [0.29, 0.717) is 18.5 Å². The van der Waals surface area contributed by atoms with Gasteiger partial charge in [0.2, 0.25) is 0 Å². The Hall–Kier alpha value is 0.240. The van der Waals surface area contributed by atoms with E-state index in [-0.39, 0.29) is 0 Å². The second-order valence-electron chi connectivity index (χ2n) is 4.09. The SMILES string of the molecule is CC(C)C(CBr)NCc1c(Cl)cccc1Cl. The Balaban J connectivity index is 2.67.